The lowest BCUT2D eigenvalue weighted by molar-refractivity contribution is -0.385. The van der Waals surface area contributed by atoms with Gasteiger partial charge in [-0.2, -0.15) is 0 Å². The van der Waals surface area contributed by atoms with Crippen molar-refractivity contribution in [2.24, 2.45) is 0 Å². The second-order valence-corrected chi connectivity index (χ2v) is 4.40. The van der Waals surface area contributed by atoms with Gasteiger partial charge in [-0.05, 0) is 18.9 Å². The largest absolute Gasteiger partial charge is 0.480 e. The molecule has 1 aromatic rings. The van der Waals surface area contributed by atoms with Gasteiger partial charge in [-0.15, -0.1) is 0 Å². The molecule has 0 heterocycles. The molecule has 0 saturated heterocycles. The molecule has 7 nitrogen and oxygen atoms in total. The number of benzene rings is 1. The third-order valence-electron chi connectivity index (χ3n) is 3.12. The van der Waals surface area contributed by atoms with Crippen molar-refractivity contribution in [3.8, 4) is 0 Å². The SMILES string of the molecule is CCC(C(=O)O)N(C)C(=O)c1c(C)cccc1[N+](=O)[O-]. The minimum Gasteiger partial charge on any atom is -0.480 e. The van der Waals surface area contributed by atoms with Crippen LogP contribution in [0.5, 0.6) is 0 Å². The van der Waals surface area contributed by atoms with E-state index >= 15 is 0 Å². The van der Waals surface area contributed by atoms with Crippen LogP contribution in [0.2, 0.25) is 0 Å². The summed E-state index contributed by atoms with van der Waals surface area (Å²) in [6.07, 6.45) is 0.219. The van der Waals surface area contributed by atoms with Crippen LogP contribution in [0, 0.1) is 17.0 Å². The van der Waals surface area contributed by atoms with Gasteiger partial charge in [0.25, 0.3) is 11.6 Å². The number of hydrogen-bond donors (Lipinski definition) is 1. The molecule has 0 spiro atoms. The quantitative estimate of drug-likeness (QED) is 0.655. The van der Waals surface area contributed by atoms with E-state index in [0.29, 0.717) is 5.56 Å². The highest BCUT2D eigenvalue weighted by Gasteiger charge is 2.30. The number of nitrogens with zero attached hydrogens (tertiary/aromatic N) is 2. The molecule has 108 valence electrons. The average Bonchev–Trinajstić information content (AvgIpc) is 2.37. The highest BCUT2D eigenvalue weighted by Crippen LogP contribution is 2.24. The van der Waals surface area contributed by atoms with Crippen molar-refractivity contribution in [1.29, 1.82) is 0 Å². The van der Waals surface area contributed by atoms with Gasteiger partial charge >= 0.3 is 5.97 Å². The van der Waals surface area contributed by atoms with E-state index in [0.717, 1.165) is 4.90 Å². The van der Waals surface area contributed by atoms with E-state index in [1.54, 1.807) is 19.9 Å². The molecule has 1 atom stereocenters. The molecule has 1 amide bonds. The van der Waals surface area contributed by atoms with Gasteiger partial charge in [-0.1, -0.05) is 19.1 Å². The van der Waals surface area contributed by atoms with Crippen LogP contribution in [0.25, 0.3) is 0 Å². The Morgan fingerprint density at radius 3 is 2.50 bits per heavy atom. The summed E-state index contributed by atoms with van der Waals surface area (Å²) in [5, 5.41) is 20.1. The topological polar surface area (TPSA) is 101 Å². The van der Waals surface area contributed by atoms with Gasteiger partial charge in [0.2, 0.25) is 0 Å². The first kappa shape index (κ1) is 15.6. The Balaban J connectivity index is 3.28. The number of aliphatic carboxylic acids is 1. The molecular formula is C13H16N2O5. The van der Waals surface area contributed by atoms with Gasteiger partial charge < -0.3 is 10.0 Å². The lowest BCUT2D eigenvalue weighted by Crippen LogP contribution is -2.42. The predicted molar refractivity (Wildman–Crippen MR) is 71.6 cm³/mol. The molecule has 0 bridgehead atoms. The number of nitro groups is 1. The first-order valence-corrected chi connectivity index (χ1v) is 6.05. The van der Waals surface area contributed by atoms with Gasteiger partial charge in [0, 0.05) is 13.1 Å². The summed E-state index contributed by atoms with van der Waals surface area (Å²) in [5.74, 6) is -1.80. The Hall–Kier alpha value is -2.44. The Labute approximate surface area is 116 Å². The number of amides is 1. The highest BCUT2D eigenvalue weighted by atomic mass is 16.6. The van der Waals surface area contributed by atoms with Crippen molar-refractivity contribution in [2.45, 2.75) is 26.3 Å². The van der Waals surface area contributed by atoms with Gasteiger partial charge in [-0.25, -0.2) is 4.79 Å². The summed E-state index contributed by atoms with van der Waals surface area (Å²) in [5.41, 5.74) is 0.0538. The monoisotopic (exact) mass is 280 g/mol. The summed E-state index contributed by atoms with van der Waals surface area (Å²) < 4.78 is 0. The molecule has 0 fully saturated rings. The van der Waals surface area contributed by atoms with Crippen LogP contribution in [0.4, 0.5) is 5.69 Å². The van der Waals surface area contributed by atoms with Crippen molar-refractivity contribution in [1.82, 2.24) is 4.90 Å². The number of carbonyl (C=O) groups excluding carboxylic acids is 1. The predicted octanol–water partition coefficient (Wildman–Crippen LogP) is 1.84. The molecule has 1 aromatic carbocycles. The number of carboxylic acids is 1. The number of carbonyl (C=O) groups is 2. The molecular weight excluding hydrogens is 264 g/mol. The fourth-order valence-corrected chi connectivity index (χ4v) is 2.01. The molecule has 1 N–H and O–H groups in total. The normalized spacial score (nSPS) is 11.8. The maximum Gasteiger partial charge on any atom is 0.326 e. The van der Waals surface area contributed by atoms with Gasteiger partial charge in [-0.3, -0.25) is 14.9 Å². The smallest absolute Gasteiger partial charge is 0.326 e. The van der Waals surface area contributed by atoms with E-state index in [1.165, 1.54) is 19.2 Å². The second kappa shape index (κ2) is 6.14. The summed E-state index contributed by atoms with van der Waals surface area (Å²) >= 11 is 0. The summed E-state index contributed by atoms with van der Waals surface area (Å²) in [6, 6.07) is 3.28. The zero-order chi connectivity index (χ0) is 15.4. The van der Waals surface area contributed by atoms with Gasteiger partial charge in [0.05, 0.1) is 4.92 Å². The van der Waals surface area contributed by atoms with E-state index < -0.39 is 22.8 Å². The first-order valence-electron chi connectivity index (χ1n) is 6.05. The Bertz CT molecular complexity index is 556. The van der Waals surface area contributed by atoms with E-state index in [2.05, 4.69) is 0 Å². The minimum atomic E-state index is -1.14. The van der Waals surface area contributed by atoms with E-state index in [9.17, 15) is 19.7 Å². The zero-order valence-corrected chi connectivity index (χ0v) is 11.5. The maximum absolute atomic E-state index is 12.4. The van der Waals surface area contributed by atoms with Crippen molar-refractivity contribution < 1.29 is 19.6 Å². The summed E-state index contributed by atoms with van der Waals surface area (Å²) in [7, 11) is 1.33. The first-order chi connectivity index (χ1) is 9.31. The van der Waals surface area contributed by atoms with Crippen molar-refractivity contribution in [3.05, 3.63) is 39.4 Å². The molecule has 0 aliphatic rings. The molecule has 0 aliphatic heterocycles. The number of rotatable bonds is 5. The fourth-order valence-electron chi connectivity index (χ4n) is 2.01. The van der Waals surface area contributed by atoms with E-state index in [4.69, 9.17) is 5.11 Å². The summed E-state index contributed by atoms with van der Waals surface area (Å²) in [4.78, 5) is 34.8. The third-order valence-corrected chi connectivity index (χ3v) is 3.12. The fraction of sp³-hybridized carbons (Fsp3) is 0.385. The van der Waals surface area contributed by atoms with Gasteiger partial charge in [0.15, 0.2) is 0 Å². The standard InChI is InChI=1S/C13H16N2O5/c1-4-9(13(17)18)14(3)12(16)11-8(2)6-5-7-10(11)15(19)20/h5-7,9H,4H2,1-3H3,(H,17,18). The summed E-state index contributed by atoms with van der Waals surface area (Å²) in [6.45, 7) is 3.21. The van der Waals surface area contributed by atoms with Crippen LogP contribution in [0.3, 0.4) is 0 Å². The molecule has 20 heavy (non-hydrogen) atoms. The molecule has 1 unspecified atom stereocenters. The van der Waals surface area contributed by atoms with Crippen LogP contribution < -0.4 is 0 Å². The number of aryl methyl sites for hydroxylation is 1. The molecule has 7 heteroatoms. The number of likely N-dealkylation sites (N-methyl/N-ethyl adjacent to an activating group) is 1. The van der Waals surface area contributed by atoms with Crippen LogP contribution >= 0.6 is 0 Å². The van der Waals surface area contributed by atoms with E-state index in [1.807, 2.05) is 0 Å². The second-order valence-electron chi connectivity index (χ2n) is 4.40. The molecule has 0 aliphatic carbocycles. The van der Waals surface area contributed by atoms with Crippen molar-refractivity contribution in [3.63, 3.8) is 0 Å². The molecule has 0 saturated carbocycles. The lowest BCUT2D eigenvalue weighted by atomic mass is 10.0. The lowest BCUT2D eigenvalue weighted by Gasteiger charge is -2.24. The number of hydrogen-bond acceptors (Lipinski definition) is 4. The van der Waals surface area contributed by atoms with Crippen LogP contribution in [0.1, 0.15) is 29.3 Å². The van der Waals surface area contributed by atoms with Crippen molar-refractivity contribution >= 4 is 17.6 Å². The number of nitro benzene ring substituents is 1. The van der Waals surface area contributed by atoms with Gasteiger partial charge in [0.1, 0.15) is 11.6 Å². The van der Waals surface area contributed by atoms with Crippen molar-refractivity contribution in [2.75, 3.05) is 7.05 Å². The Morgan fingerprint density at radius 1 is 1.45 bits per heavy atom. The maximum atomic E-state index is 12.4. The van der Waals surface area contributed by atoms with Crippen LogP contribution in [-0.2, 0) is 4.79 Å². The Morgan fingerprint density at radius 2 is 2.05 bits per heavy atom. The molecule has 1 rings (SSSR count). The molecule has 0 radical (unpaired) electrons. The van der Waals surface area contributed by atoms with Crippen LogP contribution in [0.15, 0.2) is 18.2 Å². The molecule has 0 aromatic heterocycles. The Kier molecular flexibility index (Phi) is 4.79. The third kappa shape index (κ3) is 2.93. The number of carboxylic acid groups (broad SMARTS) is 1. The van der Waals surface area contributed by atoms with Crippen LogP contribution in [-0.4, -0.2) is 39.9 Å². The van der Waals surface area contributed by atoms with E-state index in [-0.39, 0.29) is 17.7 Å². The minimum absolute atomic E-state index is 0.0697. The highest BCUT2D eigenvalue weighted by molar-refractivity contribution is 6.01. The zero-order valence-electron chi connectivity index (χ0n) is 11.5. The average molecular weight is 280 g/mol.